The van der Waals surface area contributed by atoms with Crippen LogP contribution in [0.25, 0.3) is 0 Å². The van der Waals surface area contributed by atoms with Crippen molar-refractivity contribution in [3.05, 3.63) is 27.9 Å². The standard InChI is InChI=1S/C12H18N4O2/c1-9-4-5-14-11(10(9)16(17)18)15-7-6-13-8-12(15,2)3/h4-5,13H,6-8H2,1-3H3. The first kappa shape index (κ1) is 12.8. The number of nitrogens with zero attached hydrogens (tertiary/aromatic N) is 3. The number of anilines is 1. The second-order valence-electron chi connectivity index (χ2n) is 5.20. The van der Waals surface area contributed by atoms with Crippen molar-refractivity contribution in [2.45, 2.75) is 26.3 Å². The van der Waals surface area contributed by atoms with Crippen LogP contribution in [0.15, 0.2) is 12.3 Å². The van der Waals surface area contributed by atoms with E-state index in [0.29, 0.717) is 11.4 Å². The number of aryl methyl sites for hydroxylation is 1. The molecular weight excluding hydrogens is 232 g/mol. The number of rotatable bonds is 2. The summed E-state index contributed by atoms with van der Waals surface area (Å²) in [7, 11) is 0. The molecule has 98 valence electrons. The largest absolute Gasteiger partial charge is 0.343 e. The first-order valence-electron chi connectivity index (χ1n) is 6.02. The minimum absolute atomic E-state index is 0.118. The van der Waals surface area contributed by atoms with Gasteiger partial charge in [-0.2, -0.15) is 0 Å². The van der Waals surface area contributed by atoms with Gasteiger partial charge in [-0.05, 0) is 26.8 Å². The van der Waals surface area contributed by atoms with Crippen molar-refractivity contribution < 1.29 is 4.92 Å². The maximum Gasteiger partial charge on any atom is 0.314 e. The third-order valence-electron chi connectivity index (χ3n) is 3.35. The molecule has 1 aliphatic rings. The van der Waals surface area contributed by atoms with Crippen molar-refractivity contribution >= 4 is 11.5 Å². The zero-order valence-electron chi connectivity index (χ0n) is 10.9. The Morgan fingerprint density at radius 3 is 2.89 bits per heavy atom. The Kier molecular flexibility index (Phi) is 3.21. The highest BCUT2D eigenvalue weighted by Crippen LogP contribution is 2.33. The summed E-state index contributed by atoms with van der Waals surface area (Å²) in [6.07, 6.45) is 1.63. The van der Waals surface area contributed by atoms with E-state index >= 15 is 0 Å². The van der Waals surface area contributed by atoms with E-state index in [0.717, 1.165) is 19.6 Å². The van der Waals surface area contributed by atoms with Gasteiger partial charge in [-0.1, -0.05) is 0 Å². The fraction of sp³-hybridized carbons (Fsp3) is 0.583. The molecule has 1 fully saturated rings. The van der Waals surface area contributed by atoms with Crippen LogP contribution in [0.4, 0.5) is 11.5 Å². The molecule has 2 rings (SSSR count). The number of aromatic nitrogens is 1. The van der Waals surface area contributed by atoms with Gasteiger partial charge in [0.1, 0.15) is 0 Å². The lowest BCUT2D eigenvalue weighted by Crippen LogP contribution is -2.58. The molecule has 1 aliphatic heterocycles. The zero-order chi connectivity index (χ0) is 13.3. The van der Waals surface area contributed by atoms with E-state index in [1.165, 1.54) is 0 Å². The Labute approximate surface area is 106 Å². The van der Waals surface area contributed by atoms with Crippen molar-refractivity contribution in [1.82, 2.24) is 10.3 Å². The van der Waals surface area contributed by atoms with Crippen molar-refractivity contribution in [2.24, 2.45) is 0 Å². The van der Waals surface area contributed by atoms with E-state index in [1.807, 2.05) is 4.90 Å². The molecule has 0 aromatic carbocycles. The van der Waals surface area contributed by atoms with Gasteiger partial charge in [0.2, 0.25) is 5.82 Å². The summed E-state index contributed by atoms with van der Waals surface area (Å²) in [4.78, 5) is 17.1. The van der Waals surface area contributed by atoms with Crippen LogP contribution in [-0.2, 0) is 0 Å². The Morgan fingerprint density at radius 2 is 2.28 bits per heavy atom. The topological polar surface area (TPSA) is 71.3 Å². The van der Waals surface area contributed by atoms with Crippen LogP contribution in [0.5, 0.6) is 0 Å². The Bertz CT molecular complexity index is 473. The fourth-order valence-corrected chi connectivity index (χ4v) is 2.34. The summed E-state index contributed by atoms with van der Waals surface area (Å²) in [5, 5.41) is 14.5. The summed E-state index contributed by atoms with van der Waals surface area (Å²) in [5.74, 6) is 0.478. The first-order valence-corrected chi connectivity index (χ1v) is 6.02. The van der Waals surface area contributed by atoms with Gasteiger partial charge >= 0.3 is 5.69 Å². The number of nitrogens with one attached hydrogen (secondary N) is 1. The number of hydrogen-bond acceptors (Lipinski definition) is 5. The summed E-state index contributed by atoms with van der Waals surface area (Å²) in [6.45, 7) is 8.21. The highest BCUT2D eigenvalue weighted by Gasteiger charge is 2.35. The van der Waals surface area contributed by atoms with Crippen LogP contribution >= 0.6 is 0 Å². The zero-order valence-corrected chi connectivity index (χ0v) is 10.9. The van der Waals surface area contributed by atoms with Crippen LogP contribution in [0, 0.1) is 17.0 Å². The molecule has 1 aromatic heterocycles. The van der Waals surface area contributed by atoms with E-state index in [-0.39, 0.29) is 16.1 Å². The van der Waals surface area contributed by atoms with Crippen molar-refractivity contribution in [1.29, 1.82) is 0 Å². The highest BCUT2D eigenvalue weighted by atomic mass is 16.6. The number of pyridine rings is 1. The molecule has 1 aromatic rings. The Hall–Kier alpha value is -1.69. The molecule has 0 unspecified atom stereocenters. The predicted octanol–water partition coefficient (Wildman–Crippen LogP) is 1.49. The quantitative estimate of drug-likeness (QED) is 0.636. The Morgan fingerprint density at radius 1 is 1.56 bits per heavy atom. The van der Waals surface area contributed by atoms with Gasteiger partial charge in [-0.3, -0.25) is 10.1 Å². The maximum atomic E-state index is 11.2. The number of hydrogen-bond donors (Lipinski definition) is 1. The summed E-state index contributed by atoms with van der Waals surface area (Å²) in [5.41, 5.74) is 0.593. The molecule has 6 heteroatoms. The minimum Gasteiger partial charge on any atom is -0.343 e. The van der Waals surface area contributed by atoms with Crippen LogP contribution < -0.4 is 10.2 Å². The minimum atomic E-state index is -0.338. The molecule has 0 bridgehead atoms. The molecule has 2 heterocycles. The molecule has 6 nitrogen and oxygen atoms in total. The smallest absolute Gasteiger partial charge is 0.314 e. The van der Waals surface area contributed by atoms with E-state index in [4.69, 9.17) is 0 Å². The van der Waals surface area contributed by atoms with E-state index in [2.05, 4.69) is 24.1 Å². The highest BCUT2D eigenvalue weighted by molar-refractivity contribution is 5.63. The van der Waals surface area contributed by atoms with Crippen LogP contribution in [0.3, 0.4) is 0 Å². The van der Waals surface area contributed by atoms with Gasteiger partial charge in [0.25, 0.3) is 0 Å². The van der Waals surface area contributed by atoms with Crippen LogP contribution in [0.1, 0.15) is 19.4 Å². The second kappa shape index (κ2) is 4.53. The second-order valence-corrected chi connectivity index (χ2v) is 5.20. The molecular formula is C12H18N4O2. The van der Waals surface area contributed by atoms with Gasteiger partial charge in [0, 0.05) is 36.9 Å². The SMILES string of the molecule is Cc1ccnc(N2CCNCC2(C)C)c1[N+](=O)[O-]. The average molecular weight is 250 g/mol. The van der Waals surface area contributed by atoms with Gasteiger partial charge in [0.15, 0.2) is 0 Å². The van der Waals surface area contributed by atoms with Crippen LogP contribution in [0.2, 0.25) is 0 Å². The summed E-state index contributed by atoms with van der Waals surface area (Å²) < 4.78 is 0. The maximum absolute atomic E-state index is 11.2. The number of piperazine rings is 1. The molecule has 18 heavy (non-hydrogen) atoms. The first-order chi connectivity index (χ1) is 8.43. The third-order valence-corrected chi connectivity index (χ3v) is 3.35. The third kappa shape index (κ3) is 2.15. The van der Waals surface area contributed by atoms with Crippen molar-refractivity contribution in [3.8, 4) is 0 Å². The molecule has 1 N–H and O–H groups in total. The fourth-order valence-electron chi connectivity index (χ4n) is 2.34. The molecule has 0 radical (unpaired) electrons. The number of nitro groups is 1. The monoisotopic (exact) mass is 250 g/mol. The predicted molar refractivity (Wildman–Crippen MR) is 69.9 cm³/mol. The molecule has 0 aliphatic carbocycles. The lowest BCUT2D eigenvalue weighted by atomic mass is 9.99. The summed E-state index contributed by atoms with van der Waals surface area (Å²) >= 11 is 0. The van der Waals surface area contributed by atoms with Gasteiger partial charge < -0.3 is 10.2 Å². The average Bonchev–Trinajstić information content (AvgIpc) is 2.27. The van der Waals surface area contributed by atoms with Crippen molar-refractivity contribution in [3.63, 3.8) is 0 Å². The van der Waals surface area contributed by atoms with Crippen molar-refractivity contribution in [2.75, 3.05) is 24.5 Å². The van der Waals surface area contributed by atoms with E-state index in [9.17, 15) is 10.1 Å². The normalized spacial score (nSPS) is 18.7. The van der Waals surface area contributed by atoms with Gasteiger partial charge in [-0.25, -0.2) is 4.98 Å². The summed E-state index contributed by atoms with van der Waals surface area (Å²) in [6, 6.07) is 1.68. The molecule has 0 spiro atoms. The molecule has 1 saturated heterocycles. The van der Waals surface area contributed by atoms with E-state index in [1.54, 1.807) is 19.2 Å². The van der Waals surface area contributed by atoms with Gasteiger partial charge in [-0.15, -0.1) is 0 Å². The van der Waals surface area contributed by atoms with Crippen LogP contribution in [-0.4, -0.2) is 35.1 Å². The lowest BCUT2D eigenvalue weighted by Gasteiger charge is -2.43. The van der Waals surface area contributed by atoms with E-state index < -0.39 is 0 Å². The molecule has 0 atom stereocenters. The lowest BCUT2D eigenvalue weighted by molar-refractivity contribution is -0.385. The van der Waals surface area contributed by atoms with Gasteiger partial charge in [0.05, 0.1) is 4.92 Å². The Balaban J connectivity index is 2.50. The molecule has 0 amide bonds. The molecule has 0 saturated carbocycles.